The van der Waals surface area contributed by atoms with Crippen molar-refractivity contribution in [2.45, 2.75) is 13.8 Å². The Hall–Kier alpha value is -1.35. The summed E-state index contributed by atoms with van der Waals surface area (Å²) in [7, 11) is 3.81. The Morgan fingerprint density at radius 3 is 2.29 bits per heavy atom. The number of nitrogens with zero attached hydrogens (tertiary/aromatic N) is 1. The maximum Gasteiger partial charge on any atom is 0.156 e. The fourth-order valence-corrected chi connectivity index (χ4v) is 2.94. The summed E-state index contributed by atoms with van der Waals surface area (Å²) in [6.07, 6.45) is 0. The lowest BCUT2D eigenvalue weighted by molar-refractivity contribution is 0.360. The first-order valence-electron chi connectivity index (χ1n) is 5.58. The van der Waals surface area contributed by atoms with Crippen molar-refractivity contribution in [3.63, 3.8) is 0 Å². The highest BCUT2D eigenvalue weighted by Crippen LogP contribution is 2.43. The van der Waals surface area contributed by atoms with E-state index in [4.69, 9.17) is 4.74 Å². The minimum atomic E-state index is 0.939. The summed E-state index contributed by atoms with van der Waals surface area (Å²) < 4.78 is 5.58. The Balaban J connectivity index is 2.44. The molecule has 0 amide bonds. The van der Waals surface area contributed by atoms with Crippen LogP contribution in [0.4, 0.5) is 0 Å². The van der Waals surface area contributed by atoms with E-state index in [2.05, 4.69) is 37.9 Å². The average molecular weight is 247 g/mol. The second kappa shape index (κ2) is 4.88. The minimum absolute atomic E-state index is 0.939. The van der Waals surface area contributed by atoms with E-state index in [1.807, 2.05) is 18.2 Å². The number of thioether (sulfide) groups is 1. The first kappa shape index (κ1) is 12.1. The molecule has 0 bridgehead atoms. The van der Waals surface area contributed by atoms with Crippen LogP contribution in [-0.4, -0.2) is 19.1 Å². The van der Waals surface area contributed by atoms with E-state index in [1.54, 1.807) is 18.9 Å². The molecule has 0 N–H and O–H groups in total. The highest BCUT2D eigenvalue weighted by molar-refractivity contribution is 8.07. The van der Waals surface area contributed by atoms with E-state index in [1.165, 1.54) is 10.6 Å². The van der Waals surface area contributed by atoms with Gasteiger partial charge in [0, 0.05) is 23.2 Å². The number of allylic oxidation sites excluding steroid dienone is 2. The summed E-state index contributed by atoms with van der Waals surface area (Å²) >= 11 is 1.77. The highest BCUT2D eigenvalue weighted by atomic mass is 32.2. The monoisotopic (exact) mass is 247 g/mol. The van der Waals surface area contributed by atoms with Crippen LogP contribution < -0.4 is 0 Å². The van der Waals surface area contributed by atoms with Gasteiger partial charge in [0.05, 0.1) is 7.11 Å². The number of hydrogen-bond donors (Lipinski definition) is 0. The first-order chi connectivity index (χ1) is 8.15. The molecule has 1 heterocycles. The summed E-state index contributed by atoms with van der Waals surface area (Å²) in [4.78, 5) is 3.51. The van der Waals surface area contributed by atoms with Gasteiger partial charge in [-0.1, -0.05) is 42.1 Å². The molecule has 2 rings (SSSR count). The molecule has 0 atom stereocenters. The molecular weight excluding hydrogens is 230 g/mol. The van der Waals surface area contributed by atoms with Crippen molar-refractivity contribution in [2.24, 2.45) is 0 Å². The average Bonchev–Trinajstić information content (AvgIpc) is 2.60. The Bertz CT molecular complexity index is 476. The fraction of sp³-hybridized carbons (Fsp3) is 0.286. The van der Waals surface area contributed by atoms with E-state index in [-0.39, 0.29) is 0 Å². The lowest BCUT2D eigenvalue weighted by Crippen LogP contribution is -2.11. The van der Waals surface area contributed by atoms with E-state index >= 15 is 0 Å². The minimum Gasteiger partial charge on any atom is -0.493 e. The van der Waals surface area contributed by atoms with Gasteiger partial charge in [0.1, 0.15) is 5.03 Å². The molecule has 0 fully saturated rings. The van der Waals surface area contributed by atoms with Gasteiger partial charge in [-0.25, -0.2) is 0 Å². The maximum atomic E-state index is 5.58. The Morgan fingerprint density at radius 1 is 1.18 bits per heavy atom. The molecule has 1 aromatic carbocycles. The topological polar surface area (TPSA) is 12.5 Å². The van der Waals surface area contributed by atoms with Gasteiger partial charge >= 0.3 is 0 Å². The van der Waals surface area contributed by atoms with Crippen molar-refractivity contribution < 1.29 is 4.74 Å². The van der Waals surface area contributed by atoms with Crippen molar-refractivity contribution >= 4 is 17.5 Å². The Kier molecular flexibility index (Phi) is 3.48. The highest BCUT2D eigenvalue weighted by Gasteiger charge is 2.24. The molecule has 2 nitrogen and oxygen atoms in total. The van der Waals surface area contributed by atoms with Gasteiger partial charge < -0.3 is 9.64 Å². The number of ether oxygens (including phenoxy) is 1. The van der Waals surface area contributed by atoms with E-state index < -0.39 is 0 Å². The van der Waals surface area contributed by atoms with Gasteiger partial charge in [-0.2, -0.15) is 0 Å². The molecule has 0 spiro atoms. The van der Waals surface area contributed by atoms with Crippen LogP contribution in [0, 0.1) is 0 Å². The predicted octanol–water partition coefficient (Wildman–Crippen LogP) is 3.89. The molecule has 0 saturated heterocycles. The predicted molar refractivity (Wildman–Crippen MR) is 74.1 cm³/mol. The molecule has 1 aromatic rings. The molecule has 0 radical (unpaired) electrons. The number of benzene rings is 1. The summed E-state index contributed by atoms with van der Waals surface area (Å²) in [6, 6.07) is 10.2. The van der Waals surface area contributed by atoms with E-state index in [0.29, 0.717) is 0 Å². The van der Waals surface area contributed by atoms with Crippen molar-refractivity contribution in [3.05, 3.63) is 51.5 Å². The van der Waals surface area contributed by atoms with Crippen molar-refractivity contribution in [1.29, 1.82) is 0 Å². The number of rotatable bonds is 2. The Labute approximate surface area is 107 Å². The third-order valence-electron chi connectivity index (χ3n) is 3.00. The summed E-state index contributed by atoms with van der Waals surface area (Å²) in [5.41, 5.74) is 2.40. The lowest BCUT2D eigenvalue weighted by Gasteiger charge is -2.18. The number of methoxy groups -OCH3 is 1. The third-order valence-corrected chi connectivity index (χ3v) is 4.26. The summed E-state index contributed by atoms with van der Waals surface area (Å²) in [6.45, 7) is 4.27. The lowest BCUT2D eigenvalue weighted by atomic mass is 10.2. The van der Waals surface area contributed by atoms with Gasteiger partial charge in [-0.15, -0.1) is 0 Å². The molecule has 0 aromatic heterocycles. The van der Waals surface area contributed by atoms with Crippen LogP contribution in [0.25, 0.3) is 5.76 Å². The molecular formula is C14H17NOS. The smallest absolute Gasteiger partial charge is 0.156 e. The molecule has 0 aliphatic carbocycles. The van der Waals surface area contributed by atoms with Crippen LogP contribution in [0.1, 0.15) is 19.4 Å². The summed E-state index contributed by atoms with van der Waals surface area (Å²) in [5.74, 6) is 0.939. The van der Waals surface area contributed by atoms with E-state index in [9.17, 15) is 0 Å². The maximum absolute atomic E-state index is 5.58. The third kappa shape index (κ3) is 2.20. The zero-order valence-electron chi connectivity index (χ0n) is 10.7. The molecule has 3 heteroatoms. The number of hydrogen-bond acceptors (Lipinski definition) is 3. The normalized spacial score (nSPS) is 18.7. The zero-order chi connectivity index (χ0) is 12.4. The molecule has 90 valence electrons. The quantitative estimate of drug-likeness (QED) is 0.736. The first-order valence-corrected chi connectivity index (χ1v) is 6.39. The van der Waals surface area contributed by atoms with Gasteiger partial charge in [0.2, 0.25) is 0 Å². The molecule has 17 heavy (non-hydrogen) atoms. The molecule has 1 aliphatic heterocycles. The van der Waals surface area contributed by atoms with Gasteiger partial charge in [-0.3, -0.25) is 0 Å². The Morgan fingerprint density at radius 2 is 1.82 bits per heavy atom. The van der Waals surface area contributed by atoms with Gasteiger partial charge in [0.15, 0.2) is 5.76 Å². The second-order valence-electron chi connectivity index (χ2n) is 4.01. The standard InChI is InChI=1S/C14H17NOS/c1-10-11(2)17-14(15(10)3)13(16-4)12-8-6-5-7-9-12/h5-9H,1-4H3/b14-13-. The van der Waals surface area contributed by atoms with Crippen molar-refractivity contribution in [1.82, 2.24) is 4.90 Å². The molecule has 1 aliphatic rings. The molecule has 0 unspecified atom stereocenters. The van der Waals surface area contributed by atoms with Crippen LogP contribution in [0.3, 0.4) is 0 Å². The molecule has 0 saturated carbocycles. The van der Waals surface area contributed by atoms with Crippen molar-refractivity contribution in [3.8, 4) is 0 Å². The largest absolute Gasteiger partial charge is 0.493 e. The van der Waals surface area contributed by atoms with Crippen LogP contribution in [0.2, 0.25) is 0 Å². The van der Waals surface area contributed by atoms with Crippen LogP contribution in [0.15, 0.2) is 46.0 Å². The zero-order valence-corrected chi connectivity index (χ0v) is 11.5. The van der Waals surface area contributed by atoms with Gasteiger partial charge in [0.25, 0.3) is 0 Å². The van der Waals surface area contributed by atoms with Crippen LogP contribution >= 0.6 is 11.8 Å². The van der Waals surface area contributed by atoms with E-state index in [0.717, 1.165) is 16.4 Å². The van der Waals surface area contributed by atoms with Gasteiger partial charge in [-0.05, 0) is 13.8 Å². The second-order valence-corrected chi connectivity index (χ2v) is 5.21. The fourth-order valence-electron chi connectivity index (χ4n) is 1.79. The summed E-state index contributed by atoms with van der Waals surface area (Å²) in [5, 5.41) is 1.16. The van der Waals surface area contributed by atoms with Crippen LogP contribution in [-0.2, 0) is 4.74 Å². The van der Waals surface area contributed by atoms with Crippen LogP contribution in [0.5, 0.6) is 0 Å². The van der Waals surface area contributed by atoms with Crippen molar-refractivity contribution in [2.75, 3.05) is 14.2 Å². The SMILES string of the molecule is CO/C(=C1\SC(C)=C(C)N1C)c1ccccc1.